The van der Waals surface area contributed by atoms with Crippen molar-refractivity contribution < 1.29 is 41.0 Å². The third kappa shape index (κ3) is 5.23. The fourth-order valence-corrected chi connectivity index (χ4v) is 7.24. The Labute approximate surface area is 228 Å². The van der Waals surface area contributed by atoms with Gasteiger partial charge in [-0.1, -0.05) is 0 Å². The maximum Gasteiger partial charge on any atom is 0.279 e. The number of nitrogens with one attached hydrogen (secondary N) is 2. The molecule has 0 amide bonds. The van der Waals surface area contributed by atoms with Gasteiger partial charge >= 0.3 is 0 Å². The fourth-order valence-electron chi connectivity index (χ4n) is 5.01. The summed E-state index contributed by atoms with van der Waals surface area (Å²) in [6, 6.07) is 3.24. The summed E-state index contributed by atoms with van der Waals surface area (Å²) in [5, 5.41) is 24.0. The van der Waals surface area contributed by atoms with Crippen molar-refractivity contribution in [1.82, 2.24) is 9.44 Å². The van der Waals surface area contributed by atoms with E-state index in [9.17, 15) is 41.9 Å². The minimum absolute atomic E-state index is 0.0903. The zero-order chi connectivity index (χ0) is 28.8. The molecule has 40 heavy (non-hydrogen) atoms. The smallest absolute Gasteiger partial charge is 0.279 e. The quantitative estimate of drug-likeness (QED) is 0.253. The number of nitro groups is 2. The first-order chi connectivity index (χ1) is 18.9. The fraction of sp³-hybridized carbons (Fsp3) is 0.435. The first-order valence-corrected chi connectivity index (χ1v) is 15.3. The molecule has 2 N–H and O–H groups in total. The second-order valence-electron chi connectivity index (χ2n) is 9.55. The van der Waals surface area contributed by atoms with Crippen LogP contribution in [0.1, 0.15) is 41.6 Å². The second kappa shape index (κ2) is 10.6. The molecule has 2 aliphatic heterocycles. The molecule has 1 aliphatic carbocycles. The summed E-state index contributed by atoms with van der Waals surface area (Å²) in [6.07, 6.45) is 2.01. The minimum Gasteiger partial charge on any atom is -0.377 e. The molecule has 2 aromatic rings. The maximum atomic E-state index is 13.4. The summed E-state index contributed by atoms with van der Waals surface area (Å²) in [7, 11) is -8.70. The van der Waals surface area contributed by atoms with Gasteiger partial charge in [-0.15, -0.1) is 0 Å². The Hall–Kier alpha value is -3.35. The van der Waals surface area contributed by atoms with E-state index in [1.165, 1.54) is 0 Å². The third-order valence-corrected chi connectivity index (χ3v) is 9.79. The van der Waals surface area contributed by atoms with E-state index in [-0.39, 0.29) is 25.3 Å². The van der Waals surface area contributed by atoms with Crippen LogP contribution < -0.4 is 9.44 Å². The number of rotatable bonds is 10. The van der Waals surface area contributed by atoms with Crippen LogP contribution in [0.5, 0.6) is 0 Å². The van der Waals surface area contributed by atoms with Gasteiger partial charge < -0.3 is 9.47 Å². The van der Waals surface area contributed by atoms with Crippen LogP contribution in [0.15, 0.2) is 34.1 Å². The lowest BCUT2D eigenvalue weighted by Crippen LogP contribution is -2.32. The van der Waals surface area contributed by atoms with Crippen molar-refractivity contribution in [2.24, 2.45) is 0 Å². The number of ketones is 1. The molecule has 0 spiro atoms. The van der Waals surface area contributed by atoms with Crippen molar-refractivity contribution in [3.05, 3.63) is 55.6 Å². The van der Waals surface area contributed by atoms with Gasteiger partial charge in [-0.25, -0.2) is 26.3 Å². The predicted molar refractivity (Wildman–Crippen MR) is 137 cm³/mol. The molecule has 0 bridgehead atoms. The van der Waals surface area contributed by atoms with Crippen LogP contribution in [0.25, 0.3) is 11.1 Å². The zero-order valence-corrected chi connectivity index (χ0v) is 22.5. The number of sulfonamides is 2. The molecular weight excluding hydrogens is 572 g/mol. The van der Waals surface area contributed by atoms with Gasteiger partial charge in [0.25, 0.3) is 11.4 Å². The molecule has 2 fully saturated rings. The Balaban J connectivity index is 1.57. The van der Waals surface area contributed by atoms with Crippen LogP contribution >= 0.6 is 0 Å². The Morgan fingerprint density at radius 2 is 1.15 bits per heavy atom. The van der Waals surface area contributed by atoms with E-state index in [0.29, 0.717) is 26.1 Å². The van der Waals surface area contributed by atoms with Gasteiger partial charge in [-0.2, -0.15) is 0 Å². The number of hydrogen-bond donors (Lipinski definition) is 2. The van der Waals surface area contributed by atoms with Gasteiger partial charge in [0.05, 0.1) is 43.0 Å². The van der Waals surface area contributed by atoms with E-state index in [0.717, 1.165) is 37.1 Å². The molecule has 2 aromatic carbocycles. The molecular formula is C23H24N4O11S2. The summed E-state index contributed by atoms with van der Waals surface area (Å²) in [5.74, 6) is -0.983. The van der Waals surface area contributed by atoms with Gasteiger partial charge in [-0.05, 0) is 37.8 Å². The highest BCUT2D eigenvalue weighted by Gasteiger charge is 2.42. The molecule has 2 atom stereocenters. The SMILES string of the molecule is O=C1c2cc(S(=O)(=O)NC[C@H]3CCCO3)cc([N+](=O)[O-])c2-c2c1cc(S(=O)(=O)NC[C@@H]1CCCO1)cc2[N+](=O)[O-]. The summed E-state index contributed by atoms with van der Waals surface area (Å²) >= 11 is 0. The topological polar surface area (TPSA) is 214 Å². The van der Waals surface area contributed by atoms with Crippen molar-refractivity contribution in [2.75, 3.05) is 26.3 Å². The number of carbonyl (C=O) groups excluding carboxylic acids is 1. The highest BCUT2D eigenvalue weighted by atomic mass is 32.2. The first-order valence-electron chi connectivity index (χ1n) is 12.3. The summed E-state index contributed by atoms with van der Waals surface area (Å²) in [4.78, 5) is 34.4. The maximum absolute atomic E-state index is 13.4. The van der Waals surface area contributed by atoms with E-state index in [2.05, 4.69) is 9.44 Å². The Bertz CT molecular complexity index is 1510. The average molecular weight is 597 g/mol. The molecule has 3 aliphatic rings. The van der Waals surface area contributed by atoms with Crippen LogP contribution in [0, 0.1) is 20.2 Å². The van der Waals surface area contributed by atoms with Crippen molar-refractivity contribution in [1.29, 1.82) is 0 Å². The van der Waals surface area contributed by atoms with Crippen molar-refractivity contribution in [3.8, 4) is 11.1 Å². The largest absolute Gasteiger partial charge is 0.377 e. The zero-order valence-electron chi connectivity index (χ0n) is 20.8. The Kier molecular flexibility index (Phi) is 7.45. The third-order valence-electron chi connectivity index (χ3n) is 6.99. The van der Waals surface area contributed by atoms with Crippen molar-refractivity contribution >= 4 is 37.2 Å². The lowest BCUT2D eigenvalue weighted by Gasteiger charge is -2.13. The minimum atomic E-state index is -4.35. The van der Waals surface area contributed by atoms with Gasteiger partial charge in [0, 0.05) is 49.6 Å². The number of fused-ring (bicyclic) bond motifs is 3. The van der Waals surface area contributed by atoms with E-state index in [4.69, 9.17) is 9.47 Å². The molecule has 2 heterocycles. The monoisotopic (exact) mass is 596 g/mol. The summed E-state index contributed by atoms with van der Waals surface area (Å²) < 4.78 is 67.3. The van der Waals surface area contributed by atoms with E-state index >= 15 is 0 Å². The number of carbonyl (C=O) groups is 1. The predicted octanol–water partition coefficient (Wildman–Crippen LogP) is 1.63. The highest BCUT2D eigenvalue weighted by molar-refractivity contribution is 7.89. The Morgan fingerprint density at radius 1 is 0.750 bits per heavy atom. The van der Waals surface area contributed by atoms with Gasteiger partial charge in [-0.3, -0.25) is 25.0 Å². The van der Waals surface area contributed by atoms with Crippen LogP contribution in [-0.2, 0) is 29.5 Å². The molecule has 2 saturated heterocycles. The van der Waals surface area contributed by atoms with E-state index in [1.54, 1.807) is 0 Å². The van der Waals surface area contributed by atoms with Crippen molar-refractivity contribution in [3.63, 3.8) is 0 Å². The molecule has 0 aromatic heterocycles. The lowest BCUT2D eigenvalue weighted by atomic mass is 10.0. The van der Waals surface area contributed by atoms with E-state index in [1.807, 2.05) is 0 Å². The number of hydrogen-bond acceptors (Lipinski definition) is 11. The van der Waals surface area contributed by atoms with Gasteiger partial charge in [0.2, 0.25) is 20.0 Å². The second-order valence-corrected chi connectivity index (χ2v) is 13.1. The van der Waals surface area contributed by atoms with E-state index < -0.39 is 79.1 Å². The van der Waals surface area contributed by atoms with Crippen LogP contribution in [-0.4, -0.2) is 71.0 Å². The molecule has 0 radical (unpaired) electrons. The van der Waals surface area contributed by atoms with Crippen molar-refractivity contribution in [2.45, 2.75) is 47.7 Å². The molecule has 17 heteroatoms. The standard InChI is InChI=1S/C23H24N4O11S2/c28-23-17-7-15(39(33,34)24-11-13-3-1-5-37-13)9-19(26(29)30)21(17)22-18(23)8-16(10-20(22)27(31)32)40(35,36)25-12-14-4-2-6-38-14/h7-10,13-14,24-25H,1-6,11-12H2/t13-,14+. The lowest BCUT2D eigenvalue weighted by molar-refractivity contribution is -0.386. The summed E-state index contributed by atoms with van der Waals surface area (Å²) in [6.45, 7) is 0.771. The highest BCUT2D eigenvalue weighted by Crippen LogP contribution is 2.48. The van der Waals surface area contributed by atoms with Gasteiger partial charge in [0.15, 0.2) is 5.78 Å². The van der Waals surface area contributed by atoms with Gasteiger partial charge in [0.1, 0.15) is 0 Å². The van der Waals surface area contributed by atoms with Crippen LogP contribution in [0.4, 0.5) is 11.4 Å². The number of nitro benzene ring substituents is 2. The van der Waals surface area contributed by atoms with Crippen LogP contribution in [0.3, 0.4) is 0 Å². The van der Waals surface area contributed by atoms with Crippen LogP contribution in [0.2, 0.25) is 0 Å². The molecule has 15 nitrogen and oxygen atoms in total. The summed E-state index contributed by atoms with van der Waals surface area (Å²) in [5.41, 5.74) is -3.54. The average Bonchev–Trinajstić information content (AvgIpc) is 3.67. The Morgan fingerprint density at radius 3 is 1.48 bits per heavy atom. The molecule has 0 saturated carbocycles. The number of nitrogens with zero attached hydrogens (tertiary/aromatic N) is 2. The normalized spacial score (nSPS) is 20.4. The number of ether oxygens (including phenoxy) is 2. The number of benzene rings is 2. The molecule has 5 rings (SSSR count). The molecule has 0 unspecified atom stereocenters. The molecule has 214 valence electrons. The first kappa shape index (κ1) is 28.2.